The Hall–Kier alpha value is -0.610. The normalized spacial score (nSPS) is 28.0. The highest BCUT2D eigenvalue weighted by molar-refractivity contribution is 5.82. The highest BCUT2D eigenvalue weighted by atomic mass is 16.2. The molecule has 2 heterocycles. The first-order valence-corrected chi connectivity index (χ1v) is 6.82. The van der Waals surface area contributed by atoms with Crippen molar-refractivity contribution in [2.75, 3.05) is 39.8 Å². The Morgan fingerprint density at radius 3 is 2.35 bits per heavy atom. The van der Waals surface area contributed by atoms with Crippen LogP contribution in [0.15, 0.2) is 0 Å². The highest BCUT2D eigenvalue weighted by Crippen LogP contribution is 2.22. The Labute approximate surface area is 105 Å². The van der Waals surface area contributed by atoms with Gasteiger partial charge in [0.05, 0.1) is 6.04 Å². The van der Waals surface area contributed by atoms with E-state index in [1.807, 2.05) is 0 Å². The number of rotatable bonds is 2. The van der Waals surface area contributed by atoms with Gasteiger partial charge in [-0.1, -0.05) is 0 Å². The molecule has 2 aliphatic rings. The van der Waals surface area contributed by atoms with Crippen LogP contribution in [0.25, 0.3) is 0 Å². The van der Waals surface area contributed by atoms with E-state index in [1.54, 1.807) is 0 Å². The largest absolute Gasteiger partial charge is 0.339 e. The summed E-state index contributed by atoms with van der Waals surface area (Å²) in [6, 6.07) is 0.636. The van der Waals surface area contributed by atoms with E-state index in [1.165, 1.54) is 6.42 Å². The molecule has 0 aliphatic carbocycles. The average molecular weight is 239 g/mol. The van der Waals surface area contributed by atoms with Crippen LogP contribution in [-0.4, -0.2) is 72.5 Å². The number of nitrogens with zero attached hydrogens (tertiary/aromatic N) is 3. The van der Waals surface area contributed by atoms with Gasteiger partial charge in [-0.3, -0.25) is 9.69 Å². The van der Waals surface area contributed by atoms with Gasteiger partial charge in [0, 0.05) is 32.2 Å². The zero-order chi connectivity index (χ0) is 12.4. The highest BCUT2D eigenvalue weighted by Gasteiger charge is 2.35. The van der Waals surface area contributed by atoms with E-state index >= 15 is 0 Å². The first kappa shape index (κ1) is 12.8. The van der Waals surface area contributed by atoms with Gasteiger partial charge in [0.2, 0.25) is 5.91 Å². The Bertz CT molecular complexity index is 272. The lowest BCUT2D eigenvalue weighted by Gasteiger charge is -2.36. The molecule has 1 amide bonds. The maximum Gasteiger partial charge on any atom is 0.240 e. The van der Waals surface area contributed by atoms with Crippen LogP contribution in [0.2, 0.25) is 0 Å². The third-order valence-corrected chi connectivity index (χ3v) is 4.06. The van der Waals surface area contributed by atoms with Crippen molar-refractivity contribution in [3.05, 3.63) is 0 Å². The first-order chi connectivity index (χ1) is 8.09. The summed E-state index contributed by atoms with van der Waals surface area (Å²) < 4.78 is 0. The molecule has 0 spiro atoms. The summed E-state index contributed by atoms with van der Waals surface area (Å²) in [5.74, 6) is 0.365. The summed E-state index contributed by atoms with van der Waals surface area (Å²) >= 11 is 0. The predicted octanol–water partition coefficient (Wildman–Crippen LogP) is 0.633. The Morgan fingerprint density at radius 1 is 1.12 bits per heavy atom. The summed E-state index contributed by atoms with van der Waals surface area (Å²) in [4.78, 5) is 19.2. The molecule has 2 aliphatic heterocycles. The number of amides is 1. The molecule has 1 unspecified atom stereocenters. The zero-order valence-corrected chi connectivity index (χ0v) is 11.4. The monoisotopic (exact) mass is 239 g/mol. The van der Waals surface area contributed by atoms with E-state index in [4.69, 9.17) is 0 Å². The Kier molecular flexibility index (Phi) is 4.05. The van der Waals surface area contributed by atoms with Crippen molar-refractivity contribution < 1.29 is 4.79 Å². The van der Waals surface area contributed by atoms with Crippen LogP contribution >= 0.6 is 0 Å². The minimum Gasteiger partial charge on any atom is -0.339 e. The summed E-state index contributed by atoms with van der Waals surface area (Å²) in [6.07, 6.45) is 2.21. The van der Waals surface area contributed by atoms with Crippen molar-refractivity contribution in [1.82, 2.24) is 14.7 Å². The van der Waals surface area contributed by atoms with Gasteiger partial charge in [-0.05, 0) is 40.3 Å². The predicted molar refractivity (Wildman–Crippen MR) is 68.9 cm³/mol. The Morgan fingerprint density at radius 2 is 1.76 bits per heavy atom. The third-order valence-electron chi connectivity index (χ3n) is 4.06. The molecule has 0 aromatic rings. The molecule has 0 aromatic heterocycles. The smallest absolute Gasteiger partial charge is 0.240 e. The molecule has 1 atom stereocenters. The molecule has 2 fully saturated rings. The fraction of sp³-hybridized carbons (Fsp3) is 0.923. The first-order valence-electron chi connectivity index (χ1n) is 6.82. The van der Waals surface area contributed by atoms with Crippen LogP contribution in [0.3, 0.4) is 0 Å². The van der Waals surface area contributed by atoms with Gasteiger partial charge in [0.15, 0.2) is 0 Å². The number of carbonyl (C=O) groups is 1. The molecule has 0 saturated carbocycles. The number of likely N-dealkylation sites (N-methyl/N-ethyl adjacent to an activating group) is 1. The lowest BCUT2D eigenvalue weighted by atomic mass is 10.1. The van der Waals surface area contributed by atoms with Crippen molar-refractivity contribution in [3.8, 4) is 0 Å². The van der Waals surface area contributed by atoms with Crippen molar-refractivity contribution in [1.29, 1.82) is 0 Å². The lowest BCUT2D eigenvalue weighted by Crippen LogP contribution is -2.53. The molecule has 2 saturated heterocycles. The molecular formula is C13H25N3O. The van der Waals surface area contributed by atoms with Gasteiger partial charge in [0.1, 0.15) is 0 Å². The van der Waals surface area contributed by atoms with Gasteiger partial charge in [-0.15, -0.1) is 0 Å². The molecule has 4 nitrogen and oxygen atoms in total. The second-order valence-electron chi connectivity index (χ2n) is 5.62. The van der Waals surface area contributed by atoms with Gasteiger partial charge < -0.3 is 9.80 Å². The van der Waals surface area contributed by atoms with Crippen LogP contribution in [0.4, 0.5) is 0 Å². The summed E-state index contributed by atoms with van der Waals surface area (Å²) in [7, 11) is 2.12. The number of carbonyl (C=O) groups excluding carboxylic acids is 1. The van der Waals surface area contributed by atoms with Crippen LogP contribution < -0.4 is 0 Å². The molecule has 0 aromatic carbocycles. The molecule has 0 N–H and O–H groups in total. The maximum absolute atomic E-state index is 12.5. The summed E-state index contributed by atoms with van der Waals surface area (Å²) in [5, 5.41) is 0. The zero-order valence-electron chi connectivity index (χ0n) is 11.4. The van der Waals surface area contributed by atoms with Gasteiger partial charge in [-0.25, -0.2) is 0 Å². The van der Waals surface area contributed by atoms with E-state index in [-0.39, 0.29) is 6.04 Å². The van der Waals surface area contributed by atoms with Crippen molar-refractivity contribution in [2.24, 2.45) is 0 Å². The van der Waals surface area contributed by atoms with Crippen molar-refractivity contribution >= 4 is 5.91 Å². The molecule has 17 heavy (non-hydrogen) atoms. The number of hydrogen-bond acceptors (Lipinski definition) is 3. The number of hydrogen-bond donors (Lipinski definition) is 0. The lowest BCUT2D eigenvalue weighted by molar-refractivity contribution is -0.138. The number of piperazine rings is 1. The minimum atomic E-state index is 0.151. The van der Waals surface area contributed by atoms with Gasteiger partial charge in [0.25, 0.3) is 0 Å². The minimum absolute atomic E-state index is 0.151. The molecule has 0 radical (unpaired) electrons. The summed E-state index contributed by atoms with van der Waals surface area (Å²) in [6.45, 7) is 9.29. The van der Waals surface area contributed by atoms with E-state index in [2.05, 4.69) is 35.6 Å². The van der Waals surface area contributed by atoms with E-state index in [0.717, 1.165) is 39.1 Å². The fourth-order valence-electron chi connectivity index (χ4n) is 2.91. The molecule has 4 heteroatoms. The summed E-state index contributed by atoms with van der Waals surface area (Å²) in [5.41, 5.74) is 0. The van der Waals surface area contributed by atoms with Crippen molar-refractivity contribution in [3.63, 3.8) is 0 Å². The van der Waals surface area contributed by atoms with Crippen LogP contribution in [-0.2, 0) is 4.79 Å². The maximum atomic E-state index is 12.5. The second kappa shape index (κ2) is 5.36. The van der Waals surface area contributed by atoms with Crippen LogP contribution in [0.5, 0.6) is 0 Å². The third kappa shape index (κ3) is 2.80. The molecule has 98 valence electrons. The van der Waals surface area contributed by atoms with Gasteiger partial charge in [-0.2, -0.15) is 0 Å². The van der Waals surface area contributed by atoms with Crippen molar-refractivity contribution in [2.45, 2.75) is 38.8 Å². The average Bonchev–Trinajstić information content (AvgIpc) is 2.78. The fourth-order valence-corrected chi connectivity index (χ4v) is 2.91. The molecular weight excluding hydrogens is 214 g/mol. The SMILES string of the molecule is CC(C)N1CCCC1C(=O)N1CCN(C)CC1. The molecule has 2 rings (SSSR count). The van der Waals surface area contributed by atoms with E-state index in [0.29, 0.717) is 11.9 Å². The van der Waals surface area contributed by atoms with Crippen LogP contribution in [0.1, 0.15) is 26.7 Å². The van der Waals surface area contributed by atoms with E-state index < -0.39 is 0 Å². The quantitative estimate of drug-likeness (QED) is 0.707. The standard InChI is InChI=1S/C13H25N3O/c1-11(2)16-6-4-5-12(16)13(17)15-9-7-14(3)8-10-15/h11-12H,4-10H2,1-3H3. The Balaban J connectivity index is 1.95. The topological polar surface area (TPSA) is 26.8 Å². The van der Waals surface area contributed by atoms with E-state index in [9.17, 15) is 4.79 Å². The molecule has 0 bridgehead atoms. The van der Waals surface area contributed by atoms with Gasteiger partial charge >= 0.3 is 0 Å². The second-order valence-corrected chi connectivity index (χ2v) is 5.62. The van der Waals surface area contributed by atoms with Crippen LogP contribution in [0, 0.1) is 0 Å². The number of likely N-dealkylation sites (tertiary alicyclic amines) is 1.